The lowest BCUT2D eigenvalue weighted by molar-refractivity contribution is -0.152. The molecule has 0 spiro atoms. The van der Waals surface area contributed by atoms with Crippen LogP contribution in [-0.2, 0) is 9.53 Å². The fourth-order valence-corrected chi connectivity index (χ4v) is 1.04. The topological polar surface area (TPSA) is 72.3 Å². The van der Waals surface area contributed by atoms with Crippen molar-refractivity contribution in [1.82, 2.24) is 9.97 Å². The van der Waals surface area contributed by atoms with E-state index < -0.39 is 11.7 Å². The molecule has 1 rings (SSSR count). The Labute approximate surface area is 81.8 Å². The van der Waals surface area contributed by atoms with Crippen LogP contribution in [0.1, 0.15) is 25.5 Å². The summed E-state index contributed by atoms with van der Waals surface area (Å²) < 4.78 is 4.76. The Bertz CT molecular complexity index is 300. The van der Waals surface area contributed by atoms with E-state index in [2.05, 4.69) is 9.97 Å². The first-order chi connectivity index (χ1) is 6.58. The Kier molecular flexibility index (Phi) is 3.14. The van der Waals surface area contributed by atoms with Crippen LogP contribution in [0, 0.1) is 0 Å². The van der Waals surface area contributed by atoms with Crippen LogP contribution >= 0.6 is 0 Å². The van der Waals surface area contributed by atoms with Gasteiger partial charge in [-0.2, -0.15) is 0 Å². The Morgan fingerprint density at radius 2 is 2.07 bits per heavy atom. The molecule has 0 amide bonds. The van der Waals surface area contributed by atoms with Gasteiger partial charge in [0.25, 0.3) is 6.47 Å². The minimum Gasteiger partial charge on any atom is -0.459 e. The lowest BCUT2D eigenvalue weighted by atomic mass is 9.97. The Balaban J connectivity index is 2.84. The van der Waals surface area contributed by atoms with Crippen LogP contribution in [0.5, 0.6) is 0 Å². The average Bonchev–Trinajstić information content (AvgIpc) is 2.18. The van der Waals surface area contributed by atoms with Crippen LogP contribution in [0.3, 0.4) is 0 Å². The molecule has 0 aliphatic rings. The van der Waals surface area contributed by atoms with Gasteiger partial charge in [-0.1, -0.05) is 0 Å². The van der Waals surface area contributed by atoms with Gasteiger partial charge in [0, 0.05) is 18.0 Å². The quantitative estimate of drug-likeness (QED) is 0.708. The Morgan fingerprint density at radius 1 is 1.50 bits per heavy atom. The minimum absolute atomic E-state index is 0.313. The number of aromatic nitrogens is 2. The molecule has 0 saturated heterocycles. The molecule has 1 aromatic rings. The van der Waals surface area contributed by atoms with Crippen molar-refractivity contribution < 1.29 is 14.6 Å². The molecule has 0 aliphatic heterocycles. The molecule has 0 aliphatic carbocycles. The summed E-state index contributed by atoms with van der Waals surface area (Å²) in [4.78, 5) is 17.7. The number of ether oxygens (including phenoxy) is 1. The van der Waals surface area contributed by atoms with Crippen molar-refractivity contribution in [2.24, 2.45) is 0 Å². The molecule has 5 heteroatoms. The van der Waals surface area contributed by atoms with Crippen LogP contribution in [0.25, 0.3) is 0 Å². The minimum atomic E-state index is -0.980. The molecule has 14 heavy (non-hydrogen) atoms. The van der Waals surface area contributed by atoms with E-state index in [0.717, 1.165) is 0 Å². The SMILES string of the molecule is CC(C)(OC=O)C(O)c1cncnc1. The number of nitrogens with zero attached hydrogens (tertiary/aromatic N) is 2. The highest BCUT2D eigenvalue weighted by atomic mass is 16.5. The zero-order valence-corrected chi connectivity index (χ0v) is 8.04. The molecule has 76 valence electrons. The van der Waals surface area contributed by atoms with E-state index in [1.165, 1.54) is 18.7 Å². The summed E-state index contributed by atoms with van der Waals surface area (Å²) >= 11 is 0. The van der Waals surface area contributed by atoms with Crippen molar-refractivity contribution in [3.63, 3.8) is 0 Å². The summed E-state index contributed by atoms with van der Waals surface area (Å²) in [5.41, 5.74) is -0.466. The second-order valence-electron chi connectivity index (χ2n) is 3.39. The van der Waals surface area contributed by atoms with E-state index in [0.29, 0.717) is 12.0 Å². The Morgan fingerprint density at radius 3 is 2.57 bits per heavy atom. The third-order valence-corrected chi connectivity index (χ3v) is 1.91. The molecular formula is C9H12N2O3. The van der Waals surface area contributed by atoms with Gasteiger partial charge in [0.1, 0.15) is 18.0 Å². The first kappa shape index (κ1) is 10.6. The maximum absolute atomic E-state index is 10.2. The van der Waals surface area contributed by atoms with E-state index in [1.807, 2.05) is 0 Å². The van der Waals surface area contributed by atoms with Gasteiger partial charge in [-0.3, -0.25) is 4.79 Å². The molecular weight excluding hydrogens is 184 g/mol. The molecule has 0 saturated carbocycles. The number of hydrogen-bond acceptors (Lipinski definition) is 5. The highest BCUT2D eigenvalue weighted by molar-refractivity contribution is 5.38. The highest BCUT2D eigenvalue weighted by Gasteiger charge is 2.31. The molecule has 1 atom stereocenters. The van der Waals surface area contributed by atoms with Crippen molar-refractivity contribution in [3.05, 3.63) is 24.3 Å². The van der Waals surface area contributed by atoms with Gasteiger partial charge in [0.2, 0.25) is 0 Å². The molecule has 0 aromatic carbocycles. The number of carbonyl (C=O) groups excluding carboxylic acids is 1. The number of hydrogen-bond donors (Lipinski definition) is 1. The predicted octanol–water partition coefficient (Wildman–Crippen LogP) is 0.462. The fraction of sp³-hybridized carbons (Fsp3) is 0.444. The van der Waals surface area contributed by atoms with Crippen LogP contribution in [0.15, 0.2) is 18.7 Å². The van der Waals surface area contributed by atoms with Gasteiger partial charge >= 0.3 is 0 Å². The second kappa shape index (κ2) is 4.15. The highest BCUT2D eigenvalue weighted by Crippen LogP contribution is 2.26. The molecule has 1 N–H and O–H groups in total. The summed E-state index contributed by atoms with van der Waals surface area (Å²) in [6.45, 7) is 3.53. The van der Waals surface area contributed by atoms with Crippen molar-refractivity contribution in [2.45, 2.75) is 25.6 Å². The molecule has 0 bridgehead atoms. The van der Waals surface area contributed by atoms with Crippen LogP contribution in [-0.4, -0.2) is 27.1 Å². The molecule has 1 unspecified atom stereocenters. The number of rotatable bonds is 4. The van der Waals surface area contributed by atoms with E-state index >= 15 is 0 Å². The first-order valence-electron chi connectivity index (χ1n) is 4.12. The van der Waals surface area contributed by atoms with Gasteiger partial charge in [-0.15, -0.1) is 0 Å². The first-order valence-corrected chi connectivity index (χ1v) is 4.12. The van der Waals surface area contributed by atoms with Gasteiger partial charge in [-0.25, -0.2) is 9.97 Å². The second-order valence-corrected chi connectivity index (χ2v) is 3.39. The van der Waals surface area contributed by atoms with Gasteiger partial charge < -0.3 is 9.84 Å². The standard InChI is InChI=1S/C9H12N2O3/c1-9(2,14-6-12)8(13)7-3-10-5-11-4-7/h3-6,8,13H,1-2H3. The Hall–Kier alpha value is -1.49. The van der Waals surface area contributed by atoms with Crippen molar-refractivity contribution >= 4 is 6.47 Å². The third kappa shape index (κ3) is 2.26. The zero-order chi connectivity index (χ0) is 10.6. The largest absolute Gasteiger partial charge is 0.459 e. The lowest BCUT2D eigenvalue weighted by Gasteiger charge is -2.28. The average molecular weight is 196 g/mol. The van der Waals surface area contributed by atoms with E-state index in [9.17, 15) is 9.90 Å². The predicted molar refractivity (Wildman–Crippen MR) is 48.2 cm³/mol. The van der Waals surface area contributed by atoms with Crippen LogP contribution < -0.4 is 0 Å². The molecule has 1 heterocycles. The van der Waals surface area contributed by atoms with Crippen LogP contribution in [0.4, 0.5) is 0 Å². The number of aliphatic hydroxyl groups is 1. The third-order valence-electron chi connectivity index (χ3n) is 1.91. The maximum atomic E-state index is 10.2. The van der Waals surface area contributed by atoms with Gasteiger partial charge in [0.15, 0.2) is 0 Å². The van der Waals surface area contributed by atoms with E-state index in [4.69, 9.17) is 4.74 Å². The summed E-state index contributed by atoms with van der Waals surface area (Å²) in [6.07, 6.45) is 3.39. The van der Waals surface area contributed by atoms with Gasteiger partial charge in [-0.05, 0) is 13.8 Å². The van der Waals surface area contributed by atoms with Crippen LogP contribution in [0.2, 0.25) is 0 Å². The summed E-state index contributed by atoms with van der Waals surface area (Å²) in [7, 11) is 0. The molecule has 0 fully saturated rings. The maximum Gasteiger partial charge on any atom is 0.293 e. The van der Waals surface area contributed by atoms with Gasteiger partial charge in [0.05, 0.1) is 0 Å². The lowest BCUT2D eigenvalue weighted by Crippen LogP contribution is -2.32. The van der Waals surface area contributed by atoms with Crippen molar-refractivity contribution in [1.29, 1.82) is 0 Å². The smallest absolute Gasteiger partial charge is 0.293 e. The summed E-state index contributed by atoms with van der Waals surface area (Å²) in [5, 5.41) is 9.82. The fourth-order valence-electron chi connectivity index (χ4n) is 1.04. The summed E-state index contributed by atoms with van der Waals surface area (Å²) in [6, 6.07) is 0. The number of carbonyl (C=O) groups is 1. The number of aliphatic hydroxyl groups excluding tert-OH is 1. The molecule has 0 radical (unpaired) electrons. The molecule has 5 nitrogen and oxygen atoms in total. The molecule has 1 aromatic heterocycles. The monoisotopic (exact) mass is 196 g/mol. The van der Waals surface area contributed by atoms with E-state index in [1.54, 1.807) is 13.8 Å². The zero-order valence-electron chi connectivity index (χ0n) is 8.04. The van der Waals surface area contributed by atoms with E-state index in [-0.39, 0.29) is 0 Å². The van der Waals surface area contributed by atoms with Crippen molar-refractivity contribution in [2.75, 3.05) is 0 Å². The van der Waals surface area contributed by atoms with Crippen molar-refractivity contribution in [3.8, 4) is 0 Å². The summed E-state index contributed by atoms with van der Waals surface area (Å²) in [5.74, 6) is 0. The normalized spacial score (nSPS) is 13.4.